The molecule has 1 saturated heterocycles. The number of hydrogen-bond acceptors (Lipinski definition) is 2. The van der Waals surface area contributed by atoms with Gasteiger partial charge >= 0.3 is 0 Å². The van der Waals surface area contributed by atoms with E-state index < -0.39 is 0 Å². The molecule has 0 aromatic heterocycles. The number of benzene rings is 1. The molecular weight excluding hydrogens is 215 g/mol. The number of halogens is 2. The predicted octanol–water partition coefficient (Wildman–Crippen LogP) is 2.28. The van der Waals surface area contributed by atoms with Gasteiger partial charge in [0.25, 0.3) is 0 Å². The Labute approximate surface area is 94.0 Å². The zero-order chi connectivity index (χ0) is 10.8. The van der Waals surface area contributed by atoms with Crippen LogP contribution in [0, 0.1) is 5.82 Å². The highest BCUT2D eigenvalue weighted by molar-refractivity contribution is 6.33. The van der Waals surface area contributed by atoms with E-state index in [0.717, 1.165) is 25.3 Å². The summed E-state index contributed by atoms with van der Waals surface area (Å²) < 4.78 is 12.9. The molecule has 2 rings (SSSR count). The van der Waals surface area contributed by atoms with Gasteiger partial charge in [-0.05, 0) is 25.1 Å². The second kappa shape index (κ2) is 4.37. The van der Waals surface area contributed by atoms with Gasteiger partial charge in [0, 0.05) is 25.7 Å². The minimum Gasteiger partial charge on any atom is -0.365 e. The maximum atomic E-state index is 12.9. The second-order valence-electron chi connectivity index (χ2n) is 3.84. The Balaban J connectivity index is 2.27. The van der Waals surface area contributed by atoms with Crippen LogP contribution >= 0.6 is 11.6 Å². The van der Waals surface area contributed by atoms with E-state index in [0.29, 0.717) is 11.1 Å². The van der Waals surface area contributed by atoms with Gasteiger partial charge in [-0.3, -0.25) is 0 Å². The van der Waals surface area contributed by atoms with Crippen LogP contribution in [-0.4, -0.2) is 25.7 Å². The summed E-state index contributed by atoms with van der Waals surface area (Å²) in [4.78, 5) is 2.21. The summed E-state index contributed by atoms with van der Waals surface area (Å²) in [6.07, 6.45) is 0. The van der Waals surface area contributed by atoms with E-state index in [-0.39, 0.29) is 5.82 Å². The van der Waals surface area contributed by atoms with Gasteiger partial charge in [-0.1, -0.05) is 11.6 Å². The Morgan fingerprint density at radius 3 is 3.00 bits per heavy atom. The van der Waals surface area contributed by atoms with E-state index in [1.165, 1.54) is 12.1 Å². The molecule has 1 fully saturated rings. The molecule has 1 aromatic carbocycles. The molecule has 0 radical (unpaired) electrons. The highest BCUT2D eigenvalue weighted by Gasteiger charge is 2.20. The highest BCUT2D eigenvalue weighted by Crippen LogP contribution is 2.28. The number of hydrogen-bond donors (Lipinski definition) is 1. The maximum absolute atomic E-state index is 12.9. The lowest BCUT2D eigenvalue weighted by molar-refractivity contribution is 0.500. The molecule has 0 aliphatic carbocycles. The molecular formula is C11H14ClFN2. The fourth-order valence-electron chi connectivity index (χ4n) is 1.91. The third-order valence-corrected chi connectivity index (χ3v) is 3.02. The molecule has 1 aliphatic rings. The SMILES string of the molecule is C[C@@H]1CNCCN1c1ccc(F)cc1Cl. The minimum atomic E-state index is -0.286. The van der Waals surface area contributed by atoms with Crippen molar-refractivity contribution in [3.05, 3.63) is 29.0 Å². The first-order valence-corrected chi connectivity index (χ1v) is 5.48. The van der Waals surface area contributed by atoms with Crippen molar-refractivity contribution in [1.29, 1.82) is 0 Å². The molecule has 1 aromatic rings. The molecule has 0 bridgehead atoms. The van der Waals surface area contributed by atoms with Crippen LogP contribution in [-0.2, 0) is 0 Å². The zero-order valence-electron chi connectivity index (χ0n) is 8.63. The molecule has 1 aliphatic heterocycles. The number of nitrogens with zero attached hydrogens (tertiary/aromatic N) is 1. The van der Waals surface area contributed by atoms with Gasteiger partial charge in [0.2, 0.25) is 0 Å². The van der Waals surface area contributed by atoms with E-state index in [1.807, 2.05) is 0 Å². The van der Waals surface area contributed by atoms with Crippen LogP contribution in [0.4, 0.5) is 10.1 Å². The Kier molecular flexibility index (Phi) is 3.12. The van der Waals surface area contributed by atoms with E-state index in [2.05, 4.69) is 17.1 Å². The zero-order valence-corrected chi connectivity index (χ0v) is 9.39. The first kappa shape index (κ1) is 10.7. The average molecular weight is 229 g/mol. The summed E-state index contributed by atoms with van der Waals surface area (Å²) in [5.74, 6) is -0.286. The van der Waals surface area contributed by atoms with Crippen molar-refractivity contribution in [3.63, 3.8) is 0 Å². The molecule has 1 N–H and O–H groups in total. The summed E-state index contributed by atoms with van der Waals surface area (Å²) in [6, 6.07) is 4.96. The number of piperazine rings is 1. The second-order valence-corrected chi connectivity index (χ2v) is 4.25. The Morgan fingerprint density at radius 2 is 2.33 bits per heavy atom. The lowest BCUT2D eigenvalue weighted by atomic mass is 10.2. The van der Waals surface area contributed by atoms with Crippen LogP contribution in [0.3, 0.4) is 0 Å². The van der Waals surface area contributed by atoms with Crippen LogP contribution in [0.25, 0.3) is 0 Å². The van der Waals surface area contributed by atoms with Crippen LogP contribution in [0.2, 0.25) is 5.02 Å². The summed E-state index contributed by atoms with van der Waals surface area (Å²) in [7, 11) is 0. The van der Waals surface area contributed by atoms with Gasteiger partial charge < -0.3 is 10.2 Å². The Hall–Kier alpha value is -0.800. The van der Waals surface area contributed by atoms with E-state index in [4.69, 9.17) is 11.6 Å². The van der Waals surface area contributed by atoms with Gasteiger partial charge in [0.1, 0.15) is 5.82 Å². The monoisotopic (exact) mass is 228 g/mol. The van der Waals surface area contributed by atoms with Gasteiger partial charge in [-0.25, -0.2) is 4.39 Å². The third-order valence-electron chi connectivity index (χ3n) is 2.72. The largest absolute Gasteiger partial charge is 0.365 e. The molecule has 15 heavy (non-hydrogen) atoms. The third kappa shape index (κ3) is 2.24. The van der Waals surface area contributed by atoms with Crippen molar-refractivity contribution in [2.75, 3.05) is 24.5 Å². The molecule has 0 unspecified atom stereocenters. The van der Waals surface area contributed by atoms with Crippen LogP contribution in [0.1, 0.15) is 6.92 Å². The fourth-order valence-corrected chi connectivity index (χ4v) is 2.19. The molecule has 0 amide bonds. The van der Waals surface area contributed by atoms with Crippen molar-refractivity contribution in [1.82, 2.24) is 5.32 Å². The fraction of sp³-hybridized carbons (Fsp3) is 0.455. The van der Waals surface area contributed by atoms with E-state index in [1.54, 1.807) is 6.07 Å². The maximum Gasteiger partial charge on any atom is 0.124 e. The van der Waals surface area contributed by atoms with Crippen LogP contribution in [0.15, 0.2) is 18.2 Å². The van der Waals surface area contributed by atoms with Crippen molar-refractivity contribution in [3.8, 4) is 0 Å². The first-order valence-electron chi connectivity index (χ1n) is 5.11. The first-order chi connectivity index (χ1) is 7.18. The highest BCUT2D eigenvalue weighted by atomic mass is 35.5. The normalized spacial score (nSPS) is 21.8. The van der Waals surface area contributed by atoms with Crippen LogP contribution < -0.4 is 10.2 Å². The van der Waals surface area contributed by atoms with Crippen molar-refractivity contribution in [2.24, 2.45) is 0 Å². The standard InChI is InChI=1S/C11H14ClFN2/c1-8-7-14-4-5-15(8)11-3-2-9(13)6-10(11)12/h2-3,6,8,14H,4-5,7H2,1H3/t8-/m1/s1. The number of anilines is 1. The topological polar surface area (TPSA) is 15.3 Å². The summed E-state index contributed by atoms with van der Waals surface area (Å²) >= 11 is 6.03. The molecule has 4 heteroatoms. The van der Waals surface area contributed by atoms with E-state index >= 15 is 0 Å². The lowest BCUT2D eigenvalue weighted by Crippen LogP contribution is -2.50. The quantitative estimate of drug-likeness (QED) is 0.794. The molecule has 0 spiro atoms. The smallest absolute Gasteiger partial charge is 0.124 e. The molecule has 1 heterocycles. The molecule has 82 valence electrons. The molecule has 2 nitrogen and oxygen atoms in total. The van der Waals surface area contributed by atoms with Gasteiger partial charge in [-0.2, -0.15) is 0 Å². The van der Waals surface area contributed by atoms with Crippen molar-refractivity contribution in [2.45, 2.75) is 13.0 Å². The van der Waals surface area contributed by atoms with Crippen molar-refractivity contribution >= 4 is 17.3 Å². The van der Waals surface area contributed by atoms with E-state index in [9.17, 15) is 4.39 Å². The Morgan fingerprint density at radius 1 is 1.53 bits per heavy atom. The minimum absolute atomic E-state index is 0.286. The molecule has 0 saturated carbocycles. The number of rotatable bonds is 1. The Bertz CT molecular complexity index is 356. The molecule has 1 atom stereocenters. The predicted molar refractivity (Wildman–Crippen MR) is 61.1 cm³/mol. The van der Waals surface area contributed by atoms with Gasteiger partial charge in [-0.15, -0.1) is 0 Å². The van der Waals surface area contributed by atoms with Gasteiger partial charge in [0.05, 0.1) is 10.7 Å². The van der Waals surface area contributed by atoms with Crippen molar-refractivity contribution < 1.29 is 4.39 Å². The summed E-state index contributed by atoms with van der Waals surface area (Å²) in [6.45, 7) is 4.92. The summed E-state index contributed by atoms with van der Waals surface area (Å²) in [5, 5.41) is 3.80. The lowest BCUT2D eigenvalue weighted by Gasteiger charge is -2.36. The summed E-state index contributed by atoms with van der Waals surface area (Å²) in [5.41, 5.74) is 0.923. The number of nitrogens with one attached hydrogen (secondary N) is 1. The van der Waals surface area contributed by atoms with Crippen LogP contribution in [0.5, 0.6) is 0 Å². The van der Waals surface area contributed by atoms with Gasteiger partial charge in [0.15, 0.2) is 0 Å². The average Bonchev–Trinajstić information content (AvgIpc) is 2.20.